The van der Waals surface area contributed by atoms with Gasteiger partial charge in [-0.05, 0) is 44.4 Å². The Kier molecular flexibility index (Phi) is 4.27. The predicted octanol–water partition coefficient (Wildman–Crippen LogP) is 1.83. The lowest BCUT2D eigenvalue weighted by Crippen LogP contribution is -2.37. The smallest absolute Gasteiger partial charge is 0.339 e. The molecule has 0 aromatic heterocycles. The second-order valence-electron chi connectivity index (χ2n) is 5.01. The van der Waals surface area contributed by atoms with Gasteiger partial charge >= 0.3 is 5.97 Å². The molecule has 0 heterocycles. The van der Waals surface area contributed by atoms with Gasteiger partial charge in [-0.2, -0.15) is 0 Å². The van der Waals surface area contributed by atoms with Crippen LogP contribution in [0.15, 0.2) is 18.2 Å². The van der Waals surface area contributed by atoms with Crippen LogP contribution in [0, 0.1) is 6.92 Å². The van der Waals surface area contributed by atoms with E-state index in [-0.39, 0.29) is 11.9 Å². The maximum atomic E-state index is 12.0. The molecule has 1 N–H and O–H groups in total. The highest BCUT2D eigenvalue weighted by atomic mass is 16.5. The molecule has 5 heteroatoms. The van der Waals surface area contributed by atoms with E-state index in [1.807, 2.05) is 6.92 Å². The van der Waals surface area contributed by atoms with Gasteiger partial charge in [0.1, 0.15) is 5.75 Å². The topological polar surface area (TPSA) is 64.6 Å². The summed E-state index contributed by atoms with van der Waals surface area (Å²) in [5, 5.41) is 2.80. The lowest BCUT2D eigenvalue weighted by atomic mass is 10.1. The molecule has 1 aliphatic rings. The minimum absolute atomic E-state index is 0.250. The summed E-state index contributed by atoms with van der Waals surface area (Å²) in [7, 11) is 1.54. The fourth-order valence-electron chi connectivity index (χ4n) is 1.78. The van der Waals surface area contributed by atoms with Crippen LogP contribution in [0.5, 0.6) is 5.75 Å². The number of amides is 1. The molecule has 1 atom stereocenters. The highest BCUT2D eigenvalue weighted by Crippen LogP contribution is 2.21. The molecule has 1 aliphatic carbocycles. The van der Waals surface area contributed by atoms with Gasteiger partial charge in [-0.3, -0.25) is 4.79 Å². The number of nitrogens with one attached hydrogen (secondary N) is 1. The molecule has 0 saturated heterocycles. The molecule has 1 saturated carbocycles. The number of hydrogen-bond donors (Lipinski definition) is 1. The fourth-order valence-corrected chi connectivity index (χ4v) is 1.78. The van der Waals surface area contributed by atoms with Crippen molar-refractivity contribution in [1.82, 2.24) is 5.32 Å². The quantitative estimate of drug-likeness (QED) is 0.834. The molecule has 0 spiro atoms. The molecule has 2 rings (SSSR count). The number of ether oxygens (including phenoxy) is 2. The zero-order valence-electron chi connectivity index (χ0n) is 11.9. The van der Waals surface area contributed by atoms with Crippen molar-refractivity contribution in [3.05, 3.63) is 29.3 Å². The first-order chi connectivity index (χ1) is 9.51. The fraction of sp³-hybridized carbons (Fsp3) is 0.467. The number of esters is 1. The highest BCUT2D eigenvalue weighted by molar-refractivity contribution is 5.92. The van der Waals surface area contributed by atoms with Gasteiger partial charge in [0.15, 0.2) is 6.10 Å². The summed E-state index contributed by atoms with van der Waals surface area (Å²) < 4.78 is 10.3. The SMILES string of the molecule is COc1cc(C(=O)O[C@@H](C)C(=O)NC2CC2)ccc1C. The number of methoxy groups -OCH3 is 1. The zero-order chi connectivity index (χ0) is 14.7. The van der Waals surface area contributed by atoms with Gasteiger partial charge in [0.2, 0.25) is 0 Å². The molecule has 0 bridgehead atoms. The van der Waals surface area contributed by atoms with Crippen LogP contribution in [-0.4, -0.2) is 31.1 Å². The van der Waals surface area contributed by atoms with E-state index in [1.54, 1.807) is 32.2 Å². The van der Waals surface area contributed by atoms with Crippen molar-refractivity contribution in [3.8, 4) is 5.75 Å². The number of benzene rings is 1. The summed E-state index contributed by atoms with van der Waals surface area (Å²) >= 11 is 0. The van der Waals surface area contributed by atoms with E-state index in [1.165, 1.54) is 0 Å². The Morgan fingerprint density at radius 1 is 1.35 bits per heavy atom. The lowest BCUT2D eigenvalue weighted by molar-refractivity contribution is -0.129. The Bertz CT molecular complexity index is 523. The summed E-state index contributed by atoms with van der Waals surface area (Å²) in [6.45, 7) is 3.46. The Morgan fingerprint density at radius 2 is 2.05 bits per heavy atom. The van der Waals surface area contributed by atoms with Gasteiger partial charge in [0.25, 0.3) is 5.91 Å². The second-order valence-corrected chi connectivity index (χ2v) is 5.01. The van der Waals surface area contributed by atoms with Gasteiger partial charge in [-0.25, -0.2) is 4.79 Å². The summed E-state index contributed by atoms with van der Waals surface area (Å²) in [6, 6.07) is 5.31. The summed E-state index contributed by atoms with van der Waals surface area (Å²) in [5.41, 5.74) is 1.31. The minimum atomic E-state index is -0.796. The highest BCUT2D eigenvalue weighted by Gasteiger charge is 2.27. The molecule has 0 unspecified atom stereocenters. The van der Waals surface area contributed by atoms with Gasteiger partial charge in [0.05, 0.1) is 12.7 Å². The Balaban J connectivity index is 1.98. The monoisotopic (exact) mass is 277 g/mol. The molecule has 1 aromatic rings. The molecule has 0 radical (unpaired) electrons. The maximum absolute atomic E-state index is 12.0. The van der Waals surface area contributed by atoms with Crippen molar-refractivity contribution < 1.29 is 19.1 Å². The first-order valence-corrected chi connectivity index (χ1v) is 6.67. The van der Waals surface area contributed by atoms with Crippen LogP contribution >= 0.6 is 0 Å². The first-order valence-electron chi connectivity index (χ1n) is 6.67. The standard InChI is InChI=1S/C15H19NO4/c1-9-4-5-11(8-13(9)19-3)15(18)20-10(2)14(17)16-12-6-7-12/h4-5,8,10,12H,6-7H2,1-3H3,(H,16,17)/t10-/m0/s1. The minimum Gasteiger partial charge on any atom is -0.496 e. The normalized spacial score (nSPS) is 15.3. The number of carbonyl (C=O) groups excluding carboxylic acids is 2. The zero-order valence-corrected chi connectivity index (χ0v) is 11.9. The van der Waals surface area contributed by atoms with Crippen molar-refractivity contribution in [2.24, 2.45) is 0 Å². The molecule has 1 fully saturated rings. The van der Waals surface area contributed by atoms with Crippen molar-refractivity contribution >= 4 is 11.9 Å². The Labute approximate surface area is 118 Å². The largest absolute Gasteiger partial charge is 0.496 e. The number of aryl methyl sites for hydroxylation is 1. The van der Waals surface area contributed by atoms with E-state index in [9.17, 15) is 9.59 Å². The average Bonchev–Trinajstić information content (AvgIpc) is 3.22. The molecule has 1 aromatic carbocycles. The van der Waals surface area contributed by atoms with E-state index in [4.69, 9.17) is 9.47 Å². The van der Waals surface area contributed by atoms with Crippen LogP contribution in [0.2, 0.25) is 0 Å². The third kappa shape index (κ3) is 3.50. The maximum Gasteiger partial charge on any atom is 0.339 e. The van der Waals surface area contributed by atoms with Crippen LogP contribution in [0.1, 0.15) is 35.7 Å². The van der Waals surface area contributed by atoms with Crippen LogP contribution in [0.25, 0.3) is 0 Å². The Morgan fingerprint density at radius 3 is 2.65 bits per heavy atom. The molecule has 5 nitrogen and oxygen atoms in total. The van der Waals surface area contributed by atoms with Crippen LogP contribution in [0.4, 0.5) is 0 Å². The summed E-state index contributed by atoms with van der Waals surface area (Å²) in [4.78, 5) is 23.7. The molecule has 0 aliphatic heterocycles. The van der Waals surface area contributed by atoms with E-state index in [0.29, 0.717) is 11.3 Å². The second kappa shape index (κ2) is 5.94. The number of rotatable bonds is 5. The summed E-state index contributed by atoms with van der Waals surface area (Å²) in [5.74, 6) is -0.156. The van der Waals surface area contributed by atoms with E-state index >= 15 is 0 Å². The van der Waals surface area contributed by atoms with E-state index in [2.05, 4.69) is 5.32 Å². The van der Waals surface area contributed by atoms with E-state index in [0.717, 1.165) is 18.4 Å². The van der Waals surface area contributed by atoms with Gasteiger partial charge < -0.3 is 14.8 Å². The predicted molar refractivity (Wildman–Crippen MR) is 73.8 cm³/mol. The number of carbonyl (C=O) groups is 2. The van der Waals surface area contributed by atoms with E-state index < -0.39 is 12.1 Å². The van der Waals surface area contributed by atoms with Crippen molar-refractivity contribution in [2.75, 3.05) is 7.11 Å². The van der Waals surface area contributed by atoms with Crippen LogP contribution in [0.3, 0.4) is 0 Å². The third-order valence-electron chi connectivity index (χ3n) is 3.22. The molecular formula is C15H19NO4. The average molecular weight is 277 g/mol. The molecule has 108 valence electrons. The van der Waals surface area contributed by atoms with Crippen molar-refractivity contribution in [2.45, 2.75) is 38.8 Å². The van der Waals surface area contributed by atoms with Crippen LogP contribution < -0.4 is 10.1 Å². The van der Waals surface area contributed by atoms with Gasteiger partial charge in [0, 0.05) is 6.04 Å². The third-order valence-corrected chi connectivity index (χ3v) is 3.22. The Hall–Kier alpha value is -2.04. The summed E-state index contributed by atoms with van der Waals surface area (Å²) in [6.07, 6.45) is 1.21. The molecule has 1 amide bonds. The van der Waals surface area contributed by atoms with Crippen molar-refractivity contribution in [3.63, 3.8) is 0 Å². The van der Waals surface area contributed by atoms with Crippen LogP contribution in [-0.2, 0) is 9.53 Å². The van der Waals surface area contributed by atoms with Gasteiger partial charge in [-0.15, -0.1) is 0 Å². The number of hydrogen-bond acceptors (Lipinski definition) is 4. The van der Waals surface area contributed by atoms with Gasteiger partial charge in [-0.1, -0.05) is 6.07 Å². The first kappa shape index (κ1) is 14.4. The molecule has 20 heavy (non-hydrogen) atoms. The molecular weight excluding hydrogens is 258 g/mol. The van der Waals surface area contributed by atoms with Crippen molar-refractivity contribution in [1.29, 1.82) is 0 Å². The lowest BCUT2D eigenvalue weighted by Gasteiger charge is -2.14.